The van der Waals surface area contributed by atoms with Crippen LogP contribution in [0.3, 0.4) is 0 Å². The number of nitrogens with one attached hydrogen (secondary N) is 1. The summed E-state index contributed by atoms with van der Waals surface area (Å²) in [5.74, 6) is -0.211. The number of para-hydroxylation sites is 1. The number of benzene rings is 2. The summed E-state index contributed by atoms with van der Waals surface area (Å²) in [6.07, 6.45) is 0. The summed E-state index contributed by atoms with van der Waals surface area (Å²) in [5.41, 5.74) is 3.08. The Kier molecular flexibility index (Phi) is 4.38. The van der Waals surface area contributed by atoms with Gasteiger partial charge < -0.3 is 10.2 Å². The highest BCUT2D eigenvalue weighted by atomic mass is 32.1. The first kappa shape index (κ1) is 16.7. The van der Waals surface area contributed by atoms with E-state index in [4.69, 9.17) is 0 Å². The lowest BCUT2D eigenvalue weighted by atomic mass is 10.0. The Bertz CT molecular complexity index is 941. The monoisotopic (exact) mass is 368 g/mol. The number of halogens is 1. The van der Waals surface area contributed by atoms with Gasteiger partial charge in [-0.1, -0.05) is 36.5 Å². The normalized spacial score (nSPS) is 15.8. The van der Waals surface area contributed by atoms with Gasteiger partial charge >= 0.3 is 0 Å². The second-order valence-electron chi connectivity index (χ2n) is 6.30. The Balaban J connectivity index is 1.45. The first-order chi connectivity index (χ1) is 12.6. The average molecular weight is 368 g/mol. The topological polar surface area (TPSA) is 58.1 Å². The Labute approximate surface area is 154 Å². The van der Waals surface area contributed by atoms with Gasteiger partial charge in [-0.05, 0) is 35.9 Å². The summed E-state index contributed by atoms with van der Waals surface area (Å²) in [6, 6.07) is 14.0. The minimum Gasteiger partial charge on any atom is -0.364 e. The molecule has 2 aromatic carbocycles. The van der Waals surface area contributed by atoms with E-state index >= 15 is 0 Å². The van der Waals surface area contributed by atoms with Crippen molar-refractivity contribution in [2.75, 3.05) is 16.8 Å². The van der Waals surface area contributed by atoms with Gasteiger partial charge in [-0.3, -0.25) is 4.79 Å². The number of carbonyl (C=O) groups is 1. The van der Waals surface area contributed by atoms with Crippen molar-refractivity contribution in [3.05, 3.63) is 69.9 Å². The first-order valence-electron chi connectivity index (χ1n) is 8.33. The minimum absolute atomic E-state index is 0.296. The second kappa shape index (κ2) is 6.84. The molecule has 0 radical (unpaired) electrons. The van der Waals surface area contributed by atoms with E-state index in [1.807, 2.05) is 6.07 Å². The molecule has 132 valence electrons. The Hall–Kier alpha value is -2.80. The Morgan fingerprint density at radius 2 is 2.00 bits per heavy atom. The van der Waals surface area contributed by atoms with E-state index < -0.39 is 0 Å². The molecule has 1 aromatic heterocycles. The highest BCUT2D eigenvalue weighted by Crippen LogP contribution is 2.36. The summed E-state index contributed by atoms with van der Waals surface area (Å²) in [7, 11) is 0. The molecule has 2 heterocycles. The smallest absolute Gasteiger partial charge is 0.286 e. The van der Waals surface area contributed by atoms with Gasteiger partial charge in [-0.25, -0.2) is 4.39 Å². The van der Waals surface area contributed by atoms with E-state index in [-0.39, 0.29) is 11.7 Å². The fourth-order valence-electron chi connectivity index (χ4n) is 3.16. The molecule has 0 bridgehead atoms. The van der Waals surface area contributed by atoms with Crippen molar-refractivity contribution in [1.82, 2.24) is 10.2 Å². The molecule has 7 heteroatoms. The molecule has 1 atom stereocenters. The second-order valence-corrected chi connectivity index (χ2v) is 7.36. The van der Waals surface area contributed by atoms with Crippen LogP contribution in [0.2, 0.25) is 0 Å². The number of carbonyl (C=O) groups excluding carboxylic acids is 1. The maximum atomic E-state index is 12.9. The molecule has 0 fully saturated rings. The molecule has 1 aliphatic rings. The lowest BCUT2D eigenvalue weighted by Gasteiger charge is -2.17. The predicted molar refractivity (Wildman–Crippen MR) is 100 cm³/mol. The number of rotatable bonds is 4. The largest absolute Gasteiger partial charge is 0.364 e. The van der Waals surface area contributed by atoms with Crippen molar-refractivity contribution in [2.45, 2.75) is 19.4 Å². The number of fused-ring (bicyclic) bond motifs is 1. The molecule has 1 N–H and O–H groups in total. The van der Waals surface area contributed by atoms with Crippen molar-refractivity contribution < 1.29 is 9.18 Å². The molecule has 4 rings (SSSR count). The number of aromatic nitrogens is 2. The maximum absolute atomic E-state index is 12.9. The summed E-state index contributed by atoms with van der Waals surface area (Å²) in [6.45, 7) is 3.76. The maximum Gasteiger partial charge on any atom is 0.286 e. The van der Waals surface area contributed by atoms with Crippen LogP contribution in [0.1, 0.15) is 33.2 Å². The van der Waals surface area contributed by atoms with Crippen molar-refractivity contribution in [3.63, 3.8) is 0 Å². The summed E-state index contributed by atoms with van der Waals surface area (Å²) in [4.78, 5) is 14.6. The lowest BCUT2D eigenvalue weighted by Crippen LogP contribution is -2.20. The molecular formula is C19H17FN4OS. The molecule has 0 saturated carbocycles. The lowest BCUT2D eigenvalue weighted by molar-refractivity contribution is 0.102. The first-order valence-corrected chi connectivity index (χ1v) is 9.15. The molecule has 5 nitrogen and oxygen atoms in total. The van der Waals surface area contributed by atoms with Crippen LogP contribution in [-0.4, -0.2) is 22.6 Å². The third kappa shape index (κ3) is 3.30. The van der Waals surface area contributed by atoms with Gasteiger partial charge in [0.05, 0.1) is 6.54 Å². The van der Waals surface area contributed by atoms with Gasteiger partial charge in [0.25, 0.3) is 5.91 Å². The third-order valence-corrected chi connectivity index (χ3v) is 5.30. The van der Waals surface area contributed by atoms with Crippen LogP contribution in [0.5, 0.6) is 0 Å². The zero-order valence-corrected chi connectivity index (χ0v) is 15.0. The SMILES string of the molecule is CC1CN(Cc2nnc(C(=O)Nc3ccc(F)cc3)s2)c2ccccc21. The van der Waals surface area contributed by atoms with Gasteiger partial charge in [0.15, 0.2) is 0 Å². The van der Waals surface area contributed by atoms with Crippen LogP contribution in [0.15, 0.2) is 48.5 Å². The molecule has 1 aliphatic heterocycles. The predicted octanol–water partition coefficient (Wildman–Crippen LogP) is 4.05. The number of amides is 1. The molecule has 1 amide bonds. The van der Waals surface area contributed by atoms with Crippen LogP contribution in [-0.2, 0) is 6.54 Å². The molecular weight excluding hydrogens is 351 g/mol. The number of hydrogen-bond donors (Lipinski definition) is 1. The van der Waals surface area contributed by atoms with Crippen LogP contribution in [0.25, 0.3) is 0 Å². The van der Waals surface area contributed by atoms with E-state index in [1.165, 1.54) is 46.9 Å². The van der Waals surface area contributed by atoms with E-state index in [0.717, 1.165) is 11.6 Å². The van der Waals surface area contributed by atoms with Crippen LogP contribution in [0, 0.1) is 5.82 Å². The van der Waals surface area contributed by atoms with Gasteiger partial charge in [-0.2, -0.15) is 0 Å². The third-order valence-electron chi connectivity index (χ3n) is 4.39. The number of nitrogens with zero attached hydrogens (tertiary/aromatic N) is 3. The highest BCUT2D eigenvalue weighted by molar-refractivity contribution is 7.13. The van der Waals surface area contributed by atoms with Crippen LogP contribution < -0.4 is 10.2 Å². The highest BCUT2D eigenvalue weighted by Gasteiger charge is 2.26. The minimum atomic E-state index is -0.346. The van der Waals surface area contributed by atoms with Gasteiger partial charge in [0, 0.05) is 23.8 Å². The number of hydrogen-bond acceptors (Lipinski definition) is 5. The molecule has 0 spiro atoms. The number of anilines is 2. The van der Waals surface area contributed by atoms with Crippen molar-refractivity contribution in [3.8, 4) is 0 Å². The Morgan fingerprint density at radius 1 is 1.23 bits per heavy atom. The summed E-state index contributed by atoms with van der Waals surface area (Å²) in [5, 5.41) is 12.0. The van der Waals surface area contributed by atoms with E-state index in [1.54, 1.807) is 0 Å². The van der Waals surface area contributed by atoms with E-state index in [9.17, 15) is 9.18 Å². The van der Waals surface area contributed by atoms with E-state index in [2.05, 4.69) is 45.5 Å². The Morgan fingerprint density at radius 3 is 2.81 bits per heavy atom. The molecule has 26 heavy (non-hydrogen) atoms. The average Bonchev–Trinajstić information content (AvgIpc) is 3.23. The quantitative estimate of drug-likeness (QED) is 0.755. The summed E-state index contributed by atoms with van der Waals surface area (Å²) < 4.78 is 12.9. The fourth-order valence-corrected chi connectivity index (χ4v) is 3.91. The summed E-state index contributed by atoms with van der Waals surface area (Å²) >= 11 is 1.28. The molecule has 1 unspecified atom stereocenters. The molecule has 3 aromatic rings. The zero-order valence-electron chi connectivity index (χ0n) is 14.1. The molecule has 0 aliphatic carbocycles. The van der Waals surface area contributed by atoms with Crippen molar-refractivity contribution in [1.29, 1.82) is 0 Å². The fraction of sp³-hybridized carbons (Fsp3) is 0.211. The van der Waals surface area contributed by atoms with Crippen molar-refractivity contribution >= 4 is 28.6 Å². The molecule has 0 saturated heterocycles. The van der Waals surface area contributed by atoms with Crippen molar-refractivity contribution in [2.24, 2.45) is 0 Å². The van der Waals surface area contributed by atoms with Gasteiger partial charge in [0.1, 0.15) is 10.8 Å². The van der Waals surface area contributed by atoms with Gasteiger partial charge in [0.2, 0.25) is 5.01 Å². The zero-order chi connectivity index (χ0) is 18.1. The van der Waals surface area contributed by atoms with Gasteiger partial charge in [-0.15, -0.1) is 10.2 Å². The van der Waals surface area contributed by atoms with Crippen LogP contribution in [0.4, 0.5) is 15.8 Å². The van der Waals surface area contributed by atoms with Crippen LogP contribution >= 0.6 is 11.3 Å². The van der Waals surface area contributed by atoms with E-state index in [0.29, 0.717) is 23.2 Å². The standard InChI is InChI=1S/C19H17FN4OS/c1-12-10-24(16-5-3-2-4-15(12)16)11-17-22-23-19(26-17)18(25)21-14-8-6-13(20)7-9-14/h2-9,12H,10-11H2,1H3,(H,21,25).